The molecule has 1 heterocycles. The average molecular weight is 431 g/mol. The first-order chi connectivity index (χ1) is 12.5. The summed E-state index contributed by atoms with van der Waals surface area (Å²) in [4.78, 5) is 43.0. The van der Waals surface area contributed by atoms with Gasteiger partial charge >= 0.3 is 5.97 Å². The molecule has 0 fully saturated rings. The zero-order valence-electron chi connectivity index (χ0n) is 13.0. The standard InChI is InChI=1S/C19H9BrClNO4/c20-14-7-2-1-4-10(14)19(25)26-22-17(23)12-6-3-5-11-15(21)9-8-13(16(11)12)18(22)24/h1-9H. The van der Waals surface area contributed by atoms with Gasteiger partial charge in [-0.1, -0.05) is 40.9 Å². The molecule has 0 aliphatic carbocycles. The first-order valence-corrected chi connectivity index (χ1v) is 8.73. The van der Waals surface area contributed by atoms with Gasteiger partial charge in [-0.15, -0.1) is 0 Å². The molecular weight excluding hydrogens is 422 g/mol. The maximum absolute atomic E-state index is 12.7. The first-order valence-electron chi connectivity index (χ1n) is 7.56. The van der Waals surface area contributed by atoms with Crippen LogP contribution in [0.25, 0.3) is 10.8 Å². The Morgan fingerprint density at radius 3 is 2.35 bits per heavy atom. The molecule has 2 amide bonds. The van der Waals surface area contributed by atoms with Gasteiger partial charge in [0.05, 0.1) is 16.7 Å². The minimum atomic E-state index is -0.816. The van der Waals surface area contributed by atoms with Crippen LogP contribution in [0, 0.1) is 0 Å². The molecule has 1 aliphatic heterocycles. The van der Waals surface area contributed by atoms with Crippen molar-refractivity contribution in [3.63, 3.8) is 0 Å². The number of nitrogens with zero attached hydrogens (tertiary/aromatic N) is 1. The van der Waals surface area contributed by atoms with Crippen molar-refractivity contribution < 1.29 is 19.2 Å². The molecule has 0 aromatic heterocycles. The first kappa shape index (κ1) is 16.8. The third-order valence-electron chi connectivity index (χ3n) is 4.09. The van der Waals surface area contributed by atoms with Crippen molar-refractivity contribution in [3.8, 4) is 0 Å². The van der Waals surface area contributed by atoms with Gasteiger partial charge in [-0.3, -0.25) is 9.59 Å². The van der Waals surface area contributed by atoms with Crippen LogP contribution in [0.15, 0.2) is 59.1 Å². The molecule has 3 aromatic carbocycles. The molecule has 0 radical (unpaired) electrons. The van der Waals surface area contributed by atoms with E-state index in [1.54, 1.807) is 42.5 Å². The Morgan fingerprint density at radius 1 is 0.923 bits per heavy atom. The number of amides is 2. The van der Waals surface area contributed by atoms with Gasteiger partial charge in [0.1, 0.15) is 0 Å². The zero-order chi connectivity index (χ0) is 18.4. The minimum Gasteiger partial charge on any atom is -0.324 e. The molecule has 0 N–H and O–H groups in total. The third kappa shape index (κ3) is 2.50. The summed E-state index contributed by atoms with van der Waals surface area (Å²) in [5.74, 6) is -2.24. The quantitative estimate of drug-likeness (QED) is 0.556. The Morgan fingerprint density at radius 2 is 1.62 bits per heavy atom. The second kappa shape index (κ2) is 6.23. The van der Waals surface area contributed by atoms with E-state index in [0.29, 0.717) is 25.3 Å². The van der Waals surface area contributed by atoms with Gasteiger partial charge in [0.25, 0.3) is 11.8 Å². The molecule has 3 aromatic rings. The monoisotopic (exact) mass is 429 g/mol. The summed E-state index contributed by atoms with van der Waals surface area (Å²) in [6, 6.07) is 14.6. The number of hydroxylamine groups is 2. The lowest BCUT2D eigenvalue weighted by atomic mass is 9.95. The van der Waals surface area contributed by atoms with E-state index in [4.69, 9.17) is 16.4 Å². The maximum Gasteiger partial charge on any atom is 0.365 e. The summed E-state index contributed by atoms with van der Waals surface area (Å²) < 4.78 is 0.496. The SMILES string of the molecule is O=C(ON1C(=O)c2cccc3c(Cl)ccc(c23)C1=O)c1ccccc1Br. The fourth-order valence-corrected chi connectivity index (χ4v) is 3.55. The van der Waals surface area contributed by atoms with Crippen LogP contribution in [0.3, 0.4) is 0 Å². The van der Waals surface area contributed by atoms with Crippen LogP contribution in [0.1, 0.15) is 31.1 Å². The molecular formula is C19H9BrClNO4. The van der Waals surface area contributed by atoms with Crippen molar-refractivity contribution in [1.82, 2.24) is 5.06 Å². The number of carbonyl (C=O) groups excluding carboxylic acids is 3. The highest BCUT2D eigenvalue weighted by atomic mass is 79.9. The Kier molecular flexibility index (Phi) is 4.01. The second-order valence-electron chi connectivity index (χ2n) is 5.59. The molecule has 5 nitrogen and oxygen atoms in total. The summed E-state index contributed by atoms with van der Waals surface area (Å²) in [6.07, 6.45) is 0. The Labute approximate surface area is 161 Å². The molecule has 128 valence electrons. The molecule has 0 saturated carbocycles. The summed E-state index contributed by atoms with van der Waals surface area (Å²) in [6.45, 7) is 0. The fourth-order valence-electron chi connectivity index (χ4n) is 2.88. The minimum absolute atomic E-state index is 0.202. The van der Waals surface area contributed by atoms with E-state index in [9.17, 15) is 14.4 Å². The van der Waals surface area contributed by atoms with E-state index in [-0.39, 0.29) is 16.7 Å². The molecule has 26 heavy (non-hydrogen) atoms. The molecule has 0 unspecified atom stereocenters. The molecule has 4 rings (SSSR count). The highest BCUT2D eigenvalue weighted by Gasteiger charge is 2.36. The van der Waals surface area contributed by atoms with Crippen molar-refractivity contribution >= 4 is 56.1 Å². The van der Waals surface area contributed by atoms with Crippen molar-refractivity contribution in [2.45, 2.75) is 0 Å². The number of hydrogen-bond acceptors (Lipinski definition) is 4. The lowest BCUT2D eigenvalue weighted by Gasteiger charge is -2.25. The molecule has 7 heteroatoms. The molecule has 0 spiro atoms. The normalized spacial score (nSPS) is 13.2. The van der Waals surface area contributed by atoms with Crippen LogP contribution in [-0.2, 0) is 4.84 Å². The lowest BCUT2D eigenvalue weighted by molar-refractivity contribution is -0.0621. The van der Waals surface area contributed by atoms with Crippen LogP contribution in [0.4, 0.5) is 0 Å². The van der Waals surface area contributed by atoms with Crippen LogP contribution >= 0.6 is 27.5 Å². The molecule has 0 bridgehead atoms. The number of benzene rings is 3. The zero-order valence-corrected chi connectivity index (χ0v) is 15.4. The molecule has 1 aliphatic rings. The number of hydrogen-bond donors (Lipinski definition) is 0. The van der Waals surface area contributed by atoms with E-state index in [0.717, 1.165) is 0 Å². The van der Waals surface area contributed by atoms with E-state index >= 15 is 0 Å². The summed E-state index contributed by atoms with van der Waals surface area (Å²) >= 11 is 9.41. The summed E-state index contributed by atoms with van der Waals surface area (Å²) in [5.41, 5.74) is 0.701. The van der Waals surface area contributed by atoms with Gasteiger partial charge in [0.2, 0.25) is 0 Å². The average Bonchev–Trinajstić information content (AvgIpc) is 2.64. The van der Waals surface area contributed by atoms with Crippen molar-refractivity contribution in [2.24, 2.45) is 0 Å². The van der Waals surface area contributed by atoms with Crippen LogP contribution in [0.2, 0.25) is 5.02 Å². The topological polar surface area (TPSA) is 63.7 Å². The lowest BCUT2D eigenvalue weighted by Crippen LogP contribution is -2.41. The highest BCUT2D eigenvalue weighted by molar-refractivity contribution is 9.10. The van der Waals surface area contributed by atoms with Gasteiger partial charge in [-0.2, -0.15) is 0 Å². The van der Waals surface area contributed by atoms with E-state index in [1.807, 2.05) is 0 Å². The number of carbonyl (C=O) groups is 3. The molecule has 0 saturated heterocycles. The summed E-state index contributed by atoms with van der Waals surface area (Å²) in [7, 11) is 0. The third-order valence-corrected chi connectivity index (χ3v) is 5.11. The van der Waals surface area contributed by atoms with Crippen molar-refractivity contribution in [1.29, 1.82) is 0 Å². The largest absolute Gasteiger partial charge is 0.365 e. The van der Waals surface area contributed by atoms with Gasteiger partial charge in [0, 0.05) is 20.3 Å². The Hall–Kier alpha value is -2.70. The van der Waals surface area contributed by atoms with Crippen LogP contribution in [-0.4, -0.2) is 22.8 Å². The number of rotatable bonds is 2. The van der Waals surface area contributed by atoms with Crippen LogP contribution in [0.5, 0.6) is 0 Å². The molecule has 0 atom stereocenters. The number of halogens is 2. The van der Waals surface area contributed by atoms with Crippen molar-refractivity contribution in [2.75, 3.05) is 0 Å². The van der Waals surface area contributed by atoms with Gasteiger partial charge in [0.15, 0.2) is 0 Å². The smallest absolute Gasteiger partial charge is 0.324 e. The van der Waals surface area contributed by atoms with Crippen molar-refractivity contribution in [3.05, 3.63) is 80.8 Å². The van der Waals surface area contributed by atoms with Gasteiger partial charge in [-0.05, 0) is 46.3 Å². The predicted octanol–water partition coefficient (Wildman–Crippen LogP) is 4.62. The van der Waals surface area contributed by atoms with Gasteiger partial charge in [-0.25, -0.2) is 4.79 Å². The predicted molar refractivity (Wildman–Crippen MR) is 99.0 cm³/mol. The maximum atomic E-state index is 12.7. The van der Waals surface area contributed by atoms with Gasteiger partial charge < -0.3 is 4.84 Å². The van der Waals surface area contributed by atoms with E-state index in [2.05, 4.69) is 15.9 Å². The van der Waals surface area contributed by atoms with Crippen LogP contribution < -0.4 is 0 Å². The number of imide groups is 1. The Bertz CT molecular complexity index is 1090. The summed E-state index contributed by atoms with van der Waals surface area (Å²) in [5, 5.41) is 1.99. The fraction of sp³-hybridized carbons (Fsp3) is 0. The van der Waals surface area contributed by atoms with E-state index in [1.165, 1.54) is 12.1 Å². The highest BCUT2D eigenvalue weighted by Crippen LogP contribution is 2.34. The van der Waals surface area contributed by atoms with E-state index < -0.39 is 17.8 Å². The second-order valence-corrected chi connectivity index (χ2v) is 6.85. The Balaban J connectivity index is 1.78.